The number of fused-ring (bicyclic) bond motifs is 3. The smallest absolute Gasteiger partial charge is 0.276 e. The number of aromatic nitrogens is 3. The van der Waals surface area contributed by atoms with E-state index >= 15 is 0 Å². The largest absolute Gasteiger partial charge is 0.392 e. The van der Waals surface area contributed by atoms with E-state index < -0.39 is 0 Å². The van der Waals surface area contributed by atoms with E-state index in [0.29, 0.717) is 47.8 Å². The van der Waals surface area contributed by atoms with Crippen LogP contribution in [-0.2, 0) is 33.0 Å². The zero-order chi connectivity index (χ0) is 28.7. The fraction of sp³-hybridized carbons (Fsp3) is 0.400. The Morgan fingerprint density at radius 3 is 2.80 bits per heavy atom. The van der Waals surface area contributed by atoms with E-state index in [0.717, 1.165) is 44.5 Å². The van der Waals surface area contributed by atoms with Crippen molar-refractivity contribution in [3.05, 3.63) is 75.2 Å². The normalized spacial score (nSPS) is 18.2. The van der Waals surface area contributed by atoms with Crippen LogP contribution in [0.15, 0.2) is 47.2 Å². The van der Waals surface area contributed by atoms with Crippen LogP contribution in [-0.4, -0.2) is 69.1 Å². The minimum absolute atomic E-state index is 0.0967. The average molecular weight is 557 g/mol. The fourth-order valence-electron chi connectivity index (χ4n) is 6.21. The zero-order valence-corrected chi connectivity index (χ0v) is 23.5. The van der Waals surface area contributed by atoms with Crippen molar-refractivity contribution in [1.29, 1.82) is 5.41 Å². The van der Waals surface area contributed by atoms with Gasteiger partial charge in [0.15, 0.2) is 0 Å². The van der Waals surface area contributed by atoms with Crippen LogP contribution in [0.5, 0.6) is 0 Å². The first-order valence-corrected chi connectivity index (χ1v) is 14.2. The van der Waals surface area contributed by atoms with E-state index in [4.69, 9.17) is 5.41 Å². The van der Waals surface area contributed by atoms with E-state index in [1.54, 1.807) is 42.6 Å². The number of carbonyl (C=O) groups is 1. The number of carbonyl (C=O) groups excluding carboxylic acids is 1. The maximum Gasteiger partial charge on any atom is 0.276 e. The number of aliphatic hydroxyl groups is 1. The molecule has 5 heterocycles. The second-order valence-electron chi connectivity index (χ2n) is 11.1. The second kappa shape index (κ2) is 11.0. The minimum atomic E-state index is -0.327. The summed E-state index contributed by atoms with van der Waals surface area (Å²) in [5, 5.41) is 25.2. The van der Waals surface area contributed by atoms with E-state index in [2.05, 4.69) is 25.1 Å². The number of aryl methyl sites for hydroxylation is 2. The van der Waals surface area contributed by atoms with Crippen LogP contribution in [0.1, 0.15) is 40.2 Å². The van der Waals surface area contributed by atoms with E-state index in [1.165, 1.54) is 15.8 Å². The Hall–Kier alpha value is -4.22. The topological polar surface area (TPSA) is 132 Å². The number of nitrogens with one attached hydrogen (secondary N) is 3. The highest BCUT2D eigenvalue weighted by atomic mass is 16.3. The number of piperazine rings is 1. The number of likely N-dealkylation sites (N-methyl/N-ethyl adjacent to an activating group) is 1. The van der Waals surface area contributed by atoms with Gasteiger partial charge in [0.2, 0.25) is 0 Å². The molecule has 1 aliphatic carbocycles. The van der Waals surface area contributed by atoms with Crippen molar-refractivity contribution < 1.29 is 9.90 Å². The van der Waals surface area contributed by atoms with Crippen LogP contribution in [0.3, 0.4) is 0 Å². The molecule has 11 nitrogen and oxygen atoms in total. The maximum absolute atomic E-state index is 13.7. The van der Waals surface area contributed by atoms with Crippen LogP contribution in [0.2, 0.25) is 0 Å². The van der Waals surface area contributed by atoms with Crippen molar-refractivity contribution in [2.75, 3.05) is 43.4 Å². The van der Waals surface area contributed by atoms with E-state index in [1.807, 2.05) is 13.1 Å². The lowest BCUT2D eigenvalue weighted by Crippen LogP contribution is -2.41. The summed E-state index contributed by atoms with van der Waals surface area (Å²) in [6.07, 6.45) is 9.32. The summed E-state index contributed by atoms with van der Waals surface area (Å²) in [5.41, 5.74) is 5.96. The Morgan fingerprint density at radius 1 is 1.17 bits per heavy atom. The monoisotopic (exact) mass is 556 g/mol. The minimum Gasteiger partial charge on any atom is -0.392 e. The third kappa shape index (κ3) is 5.07. The van der Waals surface area contributed by atoms with Gasteiger partial charge in [0, 0.05) is 80.8 Å². The predicted octanol–water partition coefficient (Wildman–Crippen LogP) is 2.09. The van der Waals surface area contributed by atoms with Crippen LogP contribution < -0.4 is 21.1 Å². The summed E-state index contributed by atoms with van der Waals surface area (Å²) in [6, 6.07) is 5.50. The van der Waals surface area contributed by atoms with Gasteiger partial charge >= 0.3 is 0 Å². The molecule has 214 valence electrons. The quantitative estimate of drug-likeness (QED) is 0.280. The highest BCUT2D eigenvalue weighted by Crippen LogP contribution is 2.34. The van der Waals surface area contributed by atoms with Gasteiger partial charge in [0.1, 0.15) is 23.0 Å². The van der Waals surface area contributed by atoms with Gasteiger partial charge in [0.05, 0.1) is 6.61 Å². The molecule has 4 N–H and O–H groups in total. The standard InChI is InChI=1S/C30H36N8O3/c1-35-10-9-32-21(17-35)15-27(31)34-24-13-20(16-36(2)29(24)40)22-7-8-33-28(23(22)18-39)38-12-11-37-25-6-4-3-5-19(25)14-26(37)30(38)41/h7-8,13-16,32,39H,3-6,9-12,17-18H2,1-2H3,(H2,31,34)/b21-15-. The first kappa shape index (κ1) is 27.0. The molecule has 3 aliphatic rings. The summed E-state index contributed by atoms with van der Waals surface area (Å²) >= 11 is 0. The number of rotatable bonds is 5. The Kier molecular flexibility index (Phi) is 7.22. The number of amidine groups is 1. The number of anilines is 2. The Balaban J connectivity index is 1.32. The summed E-state index contributed by atoms with van der Waals surface area (Å²) < 4.78 is 3.61. The molecule has 2 aliphatic heterocycles. The molecular formula is C30H36N8O3. The van der Waals surface area contributed by atoms with Crippen molar-refractivity contribution >= 4 is 23.2 Å². The van der Waals surface area contributed by atoms with E-state index in [9.17, 15) is 14.7 Å². The molecule has 0 bridgehead atoms. The molecule has 6 rings (SSSR count). The summed E-state index contributed by atoms with van der Waals surface area (Å²) in [6.45, 7) is 3.25. The molecule has 0 unspecified atom stereocenters. The molecule has 3 aromatic rings. The highest BCUT2D eigenvalue weighted by molar-refractivity contribution is 6.06. The number of amides is 1. The lowest BCUT2D eigenvalue weighted by molar-refractivity contribution is 0.0963. The van der Waals surface area contributed by atoms with Gasteiger partial charge in [-0.3, -0.25) is 24.8 Å². The molecule has 0 atom stereocenters. The number of aliphatic hydroxyl groups excluding tert-OH is 1. The molecule has 0 aromatic carbocycles. The first-order valence-electron chi connectivity index (χ1n) is 14.2. The lowest BCUT2D eigenvalue weighted by atomic mass is 9.98. The van der Waals surface area contributed by atoms with E-state index in [-0.39, 0.29) is 29.6 Å². The summed E-state index contributed by atoms with van der Waals surface area (Å²) in [4.78, 5) is 35.0. The van der Waals surface area contributed by atoms with Crippen LogP contribution in [0, 0.1) is 5.41 Å². The first-order chi connectivity index (χ1) is 19.8. The molecule has 11 heteroatoms. The molecule has 1 amide bonds. The second-order valence-corrected chi connectivity index (χ2v) is 11.1. The van der Waals surface area contributed by atoms with Crippen LogP contribution >= 0.6 is 0 Å². The van der Waals surface area contributed by atoms with Gasteiger partial charge in [-0.1, -0.05) is 0 Å². The van der Waals surface area contributed by atoms with Gasteiger partial charge < -0.3 is 24.9 Å². The molecule has 0 radical (unpaired) electrons. The summed E-state index contributed by atoms with van der Waals surface area (Å²) in [7, 11) is 3.68. The predicted molar refractivity (Wildman–Crippen MR) is 159 cm³/mol. The highest BCUT2D eigenvalue weighted by Gasteiger charge is 2.32. The lowest BCUT2D eigenvalue weighted by Gasteiger charge is -2.30. The molecular weight excluding hydrogens is 520 g/mol. The number of hydrogen-bond donors (Lipinski definition) is 4. The van der Waals surface area contributed by atoms with Gasteiger partial charge in [-0.15, -0.1) is 0 Å². The van der Waals surface area contributed by atoms with Crippen molar-refractivity contribution in [3.63, 3.8) is 0 Å². The molecule has 41 heavy (non-hydrogen) atoms. The van der Waals surface area contributed by atoms with Gasteiger partial charge in [-0.2, -0.15) is 0 Å². The Labute approximate surface area is 238 Å². The van der Waals surface area contributed by atoms with Crippen molar-refractivity contribution in [2.45, 2.75) is 38.8 Å². The van der Waals surface area contributed by atoms with Crippen molar-refractivity contribution in [2.24, 2.45) is 7.05 Å². The van der Waals surface area contributed by atoms with Gasteiger partial charge in [0.25, 0.3) is 11.5 Å². The molecule has 1 fully saturated rings. The van der Waals surface area contributed by atoms with Crippen molar-refractivity contribution in [1.82, 2.24) is 24.3 Å². The fourth-order valence-corrected chi connectivity index (χ4v) is 6.21. The maximum atomic E-state index is 13.7. The zero-order valence-electron chi connectivity index (χ0n) is 23.5. The Bertz CT molecular complexity index is 1620. The molecule has 0 spiro atoms. The third-order valence-electron chi connectivity index (χ3n) is 8.23. The molecule has 1 saturated heterocycles. The Morgan fingerprint density at radius 2 is 2.00 bits per heavy atom. The number of hydrogen-bond acceptors (Lipinski definition) is 7. The summed E-state index contributed by atoms with van der Waals surface area (Å²) in [5.74, 6) is 0.407. The average Bonchev–Trinajstić information content (AvgIpc) is 3.35. The number of nitrogens with zero attached hydrogens (tertiary/aromatic N) is 5. The third-order valence-corrected chi connectivity index (χ3v) is 8.23. The van der Waals surface area contributed by atoms with Crippen molar-refractivity contribution in [3.8, 4) is 11.1 Å². The SMILES string of the molecule is CN1CCN/C(=C\C(=N)Nc2cc(-c3ccnc(N4CCn5c(cc6c5CCCC6)C4=O)c3CO)cn(C)c2=O)C1. The number of pyridine rings is 2. The van der Waals surface area contributed by atoms with Crippen LogP contribution in [0.25, 0.3) is 11.1 Å². The van der Waals surface area contributed by atoms with Gasteiger partial charge in [-0.05, 0) is 62.1 Å². The van der Waals surface area contributed by atoms with Crippen LogP contribution in [0.4, 0.5) is 11.5 Å². The van der Waals surface area contributed by atoms with Gasteiger partial charge in [-0.25, -0.2) is 4.98 Å². The molecule has 0 saturated carbocycles. The molecule has 3 aromatic heterocycles.